The van der Waals surface area contributed by atoms with Crippen LogP contribution in [0.5, 0.6) is 0 Å². The molecule has 0 bridgehead atoms. The fourth-order valence-corrected chi connectivity index (χ4v) is 4.16. The highest BCUT2D eigenvalue weighted by atomic mass is 35.5. The van der Waals surface area contributed by atoms with Crippen molar-refractivity contribution in [1.82, 2.24) is 29.1 Å². The Kier molecular flexibility index (Phi) is 10.2. The smallest absolute Gasteiger partial charge is 0.252 e. The average Bonchev–Trinajstić information content (AvgIpc) is 2.82. The number of rotatable bonds is 6. The van der Waals surface area contributed by atoms with Crippen LogP contribution in [0, 0.1) is 0 Å². The molecule has 0 saturated heterocycles. The van der Waals surface area contributed by atoms with Gasteiger partial charge in [0.05, 0.1) is 0 Å². The van der Waals surface area contributed by atoms with Crippen LogP contribution in [0.2, 0.25) is 0 Å². The highest BCUT2D eigenvalue weighted by Crippen LogP contribution is 2.14. The highest BCUT2D eigenvalue weighted by Gasteiger charge is 2.13. The maximum absolute atomic E-state index is 11.7. The van der Waals surface area contributed by atoms with Crippen molar-refractivity contribution in [2.45, 2.75) is 30.8 Å². The van der Waals surface area contributed by atoms with E-state index in [0.717, 1.165) is 11.6 Å². The molecule has 14 heteroatoms. The fraction of sp³-hybridized carbons (Fsp3) is 0.333. The molecular weight excluding hydrogens is 535 g/mol. The topological polar surface area (TPSA) is 130 Å². The van der Waals surface area contributed by atoms with E-state index < -0.39 is 9.84 Å². The monoisotopic (exact) mass is 558 g/mol. The Morgan fingerprint density at radius 3 is 1.80 bits per heavy atom. The van der Waals surface area contributed by atoms with Gasteiger partial charge in [0.25, 0.3) is 11.1 Å². The number of sulfone groups is 1. The Bertz CT molecular complexity index is 1560. The van der Waals surface area contributed by atoms with Gasteiger partial charge in [-0.3, -0.25) is 18.7 Å². The fourth-order valence-electron chi connectivity index (χ4n) is 2.99. The molecule has 10 nitrogen and oxygen atoms in total. The Labute approximate surface area is 216 Å². The Morgan fingerprint density at radius 1 is 0.857 bits per heavy atom. The molecule has 0 radical (unpaired) electrons. The number of nitrogens with zero attached hydrogens (tertiary/aromatic N) is 6. The summed E-state index contributed by atoms with van der Waals surface area (Å²) in [6.07, 6.45) is 6.01. The van der Waals surface area contributed by atoms with Crippen LogP contribution in [-0.4, -0.2) is 61.8 Å². The van der Waals surface area contributed by atoms with E-state index in [9.17, 15) is 18.0 Å². The van der Waals surface area contributed by atoms with Crippen molar-refractivity contribution in [1.29, 1.82) is 0 Å². The minimum Gasteiger partial charge on any atom is -0.291 e. The van der Waals surface area contributed by atoms with E-state index in [1.807, 2.05) is 6.26 Å². The maximum atomic E-state index is 11.7. The second-order valence-electron chi connectivity index (χ2n) is 6.86. The van der Waals surface area contributed by atoms with Gasteiger partial charge < -0.3 is 0 Å². The number of aromatic nitrogens is 6. The molecule has 0 atom stereocenters. The molecule has 4 aromatic rings. The molecule has 0 unspecified atom stereocenters. The van der Waals surface area contributed by atoms with Crippen LogP contribution in [0.15, 0.2) is 56.6 Å². The number of aryl methyl sites for hydroxylation is 2. The SMILES string of the molecule is C.CS(=O)(=O)c1ncc2ccc(=O)n(CCCl)c2n1.CSc1ncc2ccc(=O)n(CCCl)c2n1. The van der Waals surface area contributed by atoms with E-state index in [-0.39, 0.29) is 41.8 Å². The molecule has 0 saturated carbocycles. The van der Waals surface area contributed by atoms with E-state index in [2.05, 4.69) is 19.9 Å². The van der Waals surface area contributed by atoms with Gasteiger partial charge in [-0.25, -0.2) is 23.4 Å². The van der Waals surface area contributed by atoms with Gasteiger partial charge in [-0.1, -0.05) is 19.2 Å². The quantitative estimate of drug-likeness (QED) is 0.199. The zero-order chi connectivity index (χ0) is 24.9. The number of thioether (sulfide) groups is 1. The van der Waals surface area contributed by atoms with E-state index in [4.69, 9.17) is 23.2 Å². The van der Waals surface area contributed by atoms with Gasteiger partial charge in [-0.2, -0.15) is 4.98 Å². The lowest BCUT2D eigenvalue weighted by molar-refractivity contribution is 0.593. The summed E-state index contributed by atoms with van der Waals surface area (Å²) in [7, 11) is -3.51. The predicted octanol–water partition coefficient (Wildman–Crippen LogP) is 2.82. The van der Waals surface area contributed by atoms with Crippen molar-refractivity contribution in [3.8, 4) is 0 Å². The third-order valence-electron chi connectivity index (χ3n) is 4.53. The van der Waals surface area contributed by atoms with E-state index in [1.54, 1.807) is 22.9 Å². The summed E-state index contributed by atoms with van der Waals surface area (Å²) < 4.78 is 25.7. The number of halogens is 2. The van der Waals surface area contributed by atoms with Crippen molar-refractivity contribution >= 4 is 66.9 Å². The number of alkyl halides is 2. The maximum Gasteiger partial charge on any atom is 0.252 e. The Balaban J connectivity index is 0.000000241. The van der Waals surface area contributed by atoms with Crippen LogP contribution in [0.4, 0.5) is 0 Å². The van der Waals surface area contributed by atoms with Crippen LogP contribution in [-0.2, 0) is 22.9 Å². The summed E-state index contributed by atoms with van der Waals surface area (Å²) in [5.41, 5.74) is 0.561. The van der Waals surface area contributed by atoms with E-state index in [0.29, 0.717) is 28.6 Å². The molecule has 4 heterocycles. The second-order valence-corrected chi connectivity index (χ2v) is 10.3. The van der Waals surface area contributed by atoms with Gasteiger partial charge in [0.2, 0.25) is 15.0 Å². The first-order valence-corrected chi connectivity index (χ1v) is 14.0. The molecule has 0 fully saturated rings. The normalized spacial score (nSPS) is 11.1. The minimum atomic E-state index is -3.51. The molecule has 0 aliphatic carbocycles. The molecule has 0 N–H and O–H groups in total. The third-order valence-corrected chi connectivity index (χ3v) is 6.29. The first-order valence-electron chi connectivity index (χ1n) is 9.78. The molecule has 4 aromatic heterocycles. The molecule has 0 aromatic carbocycles. The number of hydrogen-bond acceptors (Lipinski definition) is 9. The zero-order valence-electron chi connectivity index (χ0n) is 18.2. The average molecular weight is 560 g/mol. The van der Waals surface area contributed by atoms with Crippen LogP contribution in [0.3, 0.4) is 0 Å². The third kappa shape index (κ3) is 6.78. The first kappa shape index (κ1) is 28.7. The predicted molar refractivity (Wildman–Crippen MR) is 141 cm³/mol. The number of fused-ring (bicyclic) bond motifs is 2. The summed E-state index contributed by atoms with van der Waals surface area (Å²) in [6, 6.07) is 6.16. The van der Waals surface area contributed by atoms with Gasteiger partial charge in [0.15, 0.2) is 5.16 Å². The molecule has 35 heavy (non-hydrogen) atoms. The van der Waals surface area contributed by atoms with Gasteiger partial charge in [-0.05, 0) is 18.4 Å². The summed E-state index contributed by atoms with van der Waals surface area (Å²) in [5, 5.41) is 1.79. The number of hydrogen-bond donors (Lipinski definition) is 0. The molecular formula is C21H24Cl2N6O4S2. The lowest BCUT2D eigenvalue weighted by Gasteiger charge is -2.07. The molecule has 0 aliphatic rings. The van der Waals surface area contributed by atoms with Crippen molar-refractivity contribution in [3.63, 3.8) is 0 Å². The van der Waals surface area contributed by atoms with Gasteiger partial charge >= 0.3 is 0 Å². The molecule has 188 valence electrons. The summed E-state index contributed by atoms with van der Waals surface area (Å²) in [5.74, 6) is 0.620. The Morgan fingerprint density at radius 2 is 1.34 bits per heavy atom. The molecule has 0 aliphatic heterocycles. The van der Waals surface area contributed by atoms with Crippen LogP contribution in [0.25, 0.3) is 22.1 Å². The number of pyridine rings is 2. The van der Waals surface area contributed by atoms with Gasteiger partial charge in [0, 0.05) is 66.4 Å². The standard InChI is InChI=1S/C10H10ClN3O3S.C10H10ClN3OS.CH4/c1-18(16,17)10-12-6-7-2-3-8(15)14(5-4-11)9(7)13-10;1-16-10-12-6-7-2-3-8(15)14(5-4-11)9(7)13-10;/h2-3,6H,4-5H2,1H3;2-3,6H,4-5H2,1H3;1H4. The zero-order valence-corrected chi connectivity index (χ0v) is 21.3. The lowest BCUT2D eigenvalue weighted by atomic mass is 10.3. The summed E-state index contributed by atoms with van der Waals surface area (Å²) in [6.45, 7) is 0.723. The van der Waals surface area contributed by atoms with E-state index >= 15 is 0 Å². The largest absolute Gasteiger partial charge is 0.291 e. The van der Waals surface area contributed by atoms with Gasteiger partial charge in [-0.15, -0.1) is 23.2 Å². The summed E-state index contributed by atoms with van der Waals surface area (Å²) in [4.78, 5) is 39.5. The minimum absolute atomic E-state index is 0. The highest BCUT2D eigenvalue weighted by molar-refractivity contribution is 7.98. The second kappa shape index (κ2) is 12.4. The van der Waals surface area contributed by atoms with Gasteiger partial charge in [0.1, 0.15) is 11.3 Å². The lowest BCUT2D eigenvalue weighted by Crippen LogP contribution is -2.21. The Hall–Kier alpha value is -2.54. The molecule has 0 spiro atoms. The van der Waals surface area contributed by atoms with Crippen LogP contribution in [0.1, 0.15) is 7.43 Å². The van der Waals surface area contributed by atoms with Crippen LogP contribution < -0.4 is 11.1 Å². The molecule has 4 rings (SSSR count). The van der Waals surface area contributed by atoms with E-state index in [1.165, 1.54) is 34.7 Å². The van der Waals surface area contributed by atoms with Crippen LogP contribution >= 0.6 is 35.0 Å². The van der Waals surface area contributed by atoms with Crippen molar-refractivity contribution in [2.24, 2.45) is 0 Å². The summed E-state index contributed by atoms with van der Waals surface area (Å²) >= 11 is 12.7. The first-order chi connectivity index (χ1) is 16.2. The van der Waals surface area contributed by atoms with Crippen molar-refractivity contribution in [2.75, 3.05) is 24.3 Å². The molecule has 0 amide bonds. The van der Waals surface area contributed by atoms with Crippen molar-refractivity contribution < 1.29 is 8.42 Å². The van der Waals surface area contributed by atoms with Crippen molar-refractivity contribution in [3.05, 3.63) is 57.4 Å².